The van der Waals surface area contributed by atoms with E-state index in [1.54, 1.807) is 0 Å². The van der Waals surface area contributed by atoms with Gasteiger partial charge >= 0.3 is 0 Å². The summed E-state index contributed by atoms with van der Waals surface area (Å²) in [6, 6.07) is -1.49. The summed E-state index contributed by atoms with van der Waals surface area (Å²) in [5.74, 6) is -0.682. The van der Waals surface area contributed by atoms with Gasteiger partial charge in [0.1, 0.15) is 97.6 Å². The summed E-state index contributed by atoms with van der Waals surface area (Å²) < 4.78 is 38.4. The van der Waals surface area contributed by atoms with Gasteiger partial charge in [-0.15, -0.1) is 0 Å². The molecule has 0 spiro atoms. The summed E-state index contributed by atoms with van der Waals surface area (Å²) in [4.78, 5) is 11.7. The Bertz CT molecular complexity index is 1030. The first kappa shape index (κ1) is 39.5. The van der Waals surface area contributed by atoms with Crippen LogP contribution in [0, 0.1) is 0 Å². The normalized spacial score (nSPS) is 50.2. The minimum atomic E-state index is -2.06. The van der Waals surface area contributed by atoms with Crippen molar-refractivity contribution in [3.05, 3.63) is 0 Å². The molecule has 14 N–H and O–H groups in total. The molecule has 4 saturated heterocycles. The van der Waals surface area contributed by atoms with Crippen molar-refractivity contribution < 1.29 is 104 Å². The lowest BCUT2D eigenvalue weighted by atomic mass is 9.95. The van der Waals surface area contributed by atoms with Crippen LogP contribution in [0.15, 0.2) is 0 Å². The van der Waals surface area contributed by atoms with Crippen LogP contribution < -0.4 is 5.32 Å². The zero-order valence-electron chi connectivity index (χ0n) is 25.5. The minimum absolute atomic E-state index is 0.682. The Labute approximate surface area is 272 Å². The molecule has 1 unspecified atom stereocenters. The van der Waals surface area contributed by atoms with E-state index < -0.39 is 155 Å². The van der Waals surface area contributed by atoms with Gasteiger partial charge in [0.25, 0.3) is 0 Å². The molecule has 48 heavy (non-hydrogen) atoms. The fourth-order valence-electron chi connectivity index (χ4n) is 5.84. The molecule has 0 aromatic rings. The van der Waals surface area contributed by atoms with Gasteiger partial charge in [-0.3, -0.25) is 4.79 Å². The number of nitrogens with one attached hydrogen (secondary N) is 1. The molecule has 0 aliphatic carbocycles. The summed E-state index contributed by atoms with van der Waals surface area (Å²) in [6.45, 7) is -2.15. The average molecular weight is 708 g/mol. The van der Waals surface area contributed by atoms with E-state index in [4.69, 9.17) is 33.2 Å². The molecule has 4 aliphatic heterocycles. The first-order chi connectivity index (χ1) is 22.6. The molecule has 0 saturated carbocycles. The highest BCUT2D eigenvalue weighted by Crippen LogP contribution is 2.33. The summed E-state index contributed by atoms with van der Waals surface area (Å²) in [5.41, 5.74) is 0. The molecule has 20 atom stereocenters. The van der Waals surface area contributed by atoms with Gasteiger partial charge in [-0.25, -0.2) is 0 Å². The van der Waals surface area contributed by atoms with E-state index in [0.29, 0.717) is 0 Å². The van der Waals surface area contributed by atoms with E-state index >= 15 is 0 Å². The fraction of sp³-hybridized carbons (Fsp3) is 0.962. The molecule has 0 radical (unpaired) electrons. The third kappa shape index (κ3) is 8.24. The molecular formula is C26H45NO21. The maximum atomic E-state index is 11.7. The number of carbonyl (C=O) groups is 1. The van der Waals surface area contributed by atoms with Crippen LogP contribution in [-0.2, 0) is 38.0 Å². The Morgan fingerprint density at radius 3 is 1.56 bits per heavy atom. The van der Waals surface area contributed by atoms with Crippen molar-refractivity contribution in [2.75, 3.05) is 26.4 Å². The molecule has 280 valence electrons. The van der Waals surface area contributed by atoms with Crippen LogP contribution in [0.3, 0.4) is 0 Å². The number of carbonyl (C=O) groups excluding carboxylic acids is 1. The quantitative estimate of drug-likeness (QED) is 0.0947. The van der Waals surface area contributed by atoms with Gasteiger partial charge in [0, 0.05) is 6.92 Å². The Kier molecular flexibility index (Phi) is 13.8. The molecule has 0 bridgehead atoms. The highest BCUT2D eigenvalue weighted by Gasteiger charge is 2.54. The van der Waals surface area contributed by atoms with Gasteiger partial charge in [0.05, 0.1) is 26.4 Å². The second kappa shape index (κ2) is 16.8. The highest BCUT2D eigenvalue weighted by molar-refractivity contribution is 5.73. The van der Waals surface area contributed by atoms with E-state index in [1.807, 2.05) is 0 Å². The Balaban J connectivity index is 1.59. The SMILES string of the molecule is CC(=O)N[C@H]1C(O)O[C@H](CO)[C@@H](O[C@H]2O[C@@H](CO[C@H]3O[C@H](CO)[C@@H](O)[C@H](O)[C@@H]3O)[C@@H](O)[C@@H](O[C@H]3O[C@H](CO)[C@@H](O)[C@H](O)[C@@H]3O)[C@H]2O)[C@@H]1O. The molecule has 0 aromatic heterocycles. The Hall–Kier alpha value is -1.33. The molecule has 4 fully saturated rings. The minimum Gasteiger partial charge on any atom is -0.394 e. The lowest BCUT2D eigenvalue weighted by molar-refractivity contribution is -0.379. The van der Waals surface area contributed by atoms with Gasteiger partial charge in [-0.1, -0.05) is 0 Å². The van der Waals surface area contributed by atoms with Crippen LogP contribution in [0.4, 0.5) is 0 Å². The standard InChI is InChI=1S/C26H45NO21/c1-6(31)27-11-15(35)21(9(4-30)43-23(11)41)47-26-20(40)22(48-25-19(39)17(37)13(33)8(3-29)45-25)14(34)10(46-26)5-42-24-18(38)16(36)12(32)7(2-28)44-24/h7-26,28-30,32-41H,2-5H2,1H3,(H,27,31)/t7-,8-,9-,10+,11-,12-,13-,14-,15-,16+,17+,18+,19+,20-,21-,22-,23?,24+,25-,26-/m1/s1. The van der Waals surface area contributed by atoms with Crippen molar-refractivity contribution in [3.63, 3.8) is 0 Å². The monoisotopic (exact) mass is 707 g/mol. The van der Waals surface area contributed by atoms with Crippen LogP contribution in [-0.4, -0.2) is 221 Å². The predicted molar refractivity (Wildman–Crippen MR) is 145 cm³/mol. The second-order valence-corrected chi connectivity index (χ2v) is 11.9. The summed E-state index contributed by atoms with van der Waals surface area (Å²) in [6.07, 6.45) is -33.7. The van der Waals surface area contributed by atoms with Crippen LogP contribution in [0.5, 0.6) is 0 Å². The van der Waals surface area contributed by atoms with Crippen LogP contribution in [0.2, 0.25) is 0 Å². The predicted octanol–water partition coefficient (Wildman–Crippen LogP) is -9.61. The largest absolute Gasteiger partial charge is 0.394 e. The number of amides is 1. The van der Waals surface area contributed by atoms with Crippen LogP contribution in [0.25, 0.3) is 0 Å². The van der Waals surface area contributed by atoms with E-state index in [9.17, 15) is 71.2 Å². The van der Waals surface area contributed by atoms with E-state index in [1.165, 1.54) is 0 Å². The number of hydrogen-bond donors (Lipinski definition) is 14. The third-order valence-corrected chi connectivity index (χ3v) is 8.59. The smallest absolute Gasteiger partial charge is 0.217 e. The maximum absolute atomic E-state index is 11.7. The van der Waals surface area contributed by atoms with Gasteiger partial charge in [-0.2, -0.15) is 0 Å². The van der Waals surface area contributed by atoms with E-state index in [0.717, 1.165) is 6.92 Å². The highest BCUT2D eigenvalue weighted by atomic mass is 16.8. The zero-order chi connectivity index (χ0) is 35.6. The number of rotatable bonds is 11. The molecule has 0 aromatic carbocycles. The molecule has 4 rings (SSSR count). The van der Waals surface area contributed by atoms with Crippen molar-refractivity contribution in [2.45, 2.75) is 130 Å². The summed E-state index contributed by atoms with van der Waals surface area (Å²) in [7, 11) is 0. The van der Waals surface area contributed by atoms with E-state index in [-0.39, 0.29) is 0 Å². The van der Waals surface area contributed by atoms with Gasteiger partial charge in [0.2, 0.25) is 5.91 Å². The van der Waals surface area contributed by atoms with Gasteiger partial charge in [-0.05, 0) is 0 Å². The number of aliphatic hydroxyl groups excluding tert-OH is 13. The Morgan fingerprint density at radius 2 is 1.02 bits per heavy atom. The van der Waals surface area contributed by atoms with Crippen molar-refractivity contribution in [3.8, 4) is 0 Å². The molecule has 22 heteroatoms. The zero-order valence-corrected chi connectivity index (χ0v) is 25.5. The van der Waals surface area contributed by atoms with Gasteiger partial charge < -0.3 is 105 Å². The maximum Gasteiger partial charge on any atom is 0.217 e. The van der Waals surface area contributed by atoms with Gasteiger partial charge in [0.15, 0.2) is 25.2 Å². The molecule has 4 heterocycles. The molecule has 22 nitrogen and oxygen atoms in total. The topological polar surface area (TPSA) is 357 Å². The van der Waals surface area contributed by atoms with Crippen molar-refractivity contribution in [1.29, 1.82) is 0 Å². The summed E-state index contributed by atoms with van der Waals surface area (Å²) in [5, 5.41) is 136. The lowest BCUT2D eigenvalue weighted by Crippen LogP contribution is -2.68. The number of aliphatic hydroxyl groups is 13. The summed E-state index contributed by atoms with van der Waals surface area (Å²) >= 11 is 0. The first-order valence-electron chi connectivity index (χ1n) is 15.1. The van der Waals surface area contributed by atoms with Crippen molar-refractivity contribution >= 4 is 5.91 Å². The van der Waals surface area contributed by atoms with E-state index in [2.05, 4.69) is 5.32 Å². The number of ether oxygens (including phenoxy) is 7. The lowest BCUT2D eigenvalue weighted by Gasteiger charge is -2.48. The fourth-order valence-corrected chi connectivity index (χ4v) is 5.84. The average Bonchev–Trinajstić information content (AvgIpc) is 3.05. The second-order valence-electron chi connectivity index (χ2n) is 11.9. The molecule has 4 aliphatic rings. The van der Waals surface area contributed by atoms with Crippen LogP contribution in [0.1, 0.15) is 6.92 Å². The van der Waals surface area contributed by atoms with Crippen molar-refractivity contribution in [2.24, 2.45) is 0 Å². The third-order valence-electron chi connectivity index (χ3n) is 8.59. The Morgan fingerprint density at radius 1 is 0.542 bits per heavy atom. The van der Waals surface area contributed by atoms with Crippen molar-refractivity contribution in [1.82, 2.24) is 5.32 Å². The number of hydrogen-bond acceptors (Lipinski definition) is 21. The molecular weight excluding hydrogens is 662 g/mol. The molecule has 1 amide bonds. The van der Waals surface area contributed by atoms with Crippen LogP contribution >= 0.6 is 0 Å². The first-order valence-corrected chi connectivity index (χ1v) is 15.1.